The summed E-state index contributed by atoms with van der Waals surface area (Å²) >= 11 is 1.83. The molecule has 1 unspecified atom stereocenters. The highest BCUT2D eigenvalue weighted by Crippen LogP contribution is 2.02. The van der Waals surface area contributed by atoms with Gasteiger partial charge in [0.05, 0.1) is 12.2 Å². The first-order valence-electron chi connectivity index (χ1n) is 5.63. The topological polar surface area (TPSA) is 49.3 Å². The van der Waals surface area contributed by atoms with Crippen LogP contribution in [0.1, 0.15) is 12.6 Å². The van der Waals surface area contributed by atoms with Gasteiger partial charge in [-0.15, -0.1) is 0 Å². The molecule has 1 atom stereocenters. The number of aromatic nitrogens is 1. The first-order chi connectivity index (χ1) is 8.26. The number of pyridine rings is 1. The van der Waals surface area contributed by atoms with E-state index in [0.29, 0.717) is 11.8 Å². The first-order valence-corrected chi connectivity index (χ1v) is 6.92. The van der Waals surface area contributed by atoms with Crippen LogP contribution in [0.15, 0.2) is 29.4 Å². The molecule has 0 saturated carbocycles. The Balaban J connectivity index is 2.33. The highest BCUT2D eigenvalue weighted by Gasteiger charge is 2.02. The van der Waals surface area contributed by atoms with Gasteiger partial charge in [0.1, 0.15) is 0 Å². The summed E-state index contributed by atoms with van der Waals surface area (Å²) in [6.45, 7) is 3.78. The van der Waals surface area contributed by atoms with Crippen LogP contribution >= 0.6 is 11.8 Å². The van der Waals surface area contributed by atoms with E-state index < -0.39 is 0 Å². The Morgan fingerprint density at radius 2 is 2.29 bits per heavy atom. The molecule has 94 valence electrons. The standard InChI is InChI=1S/C12H20N4S/c1-10(17-3)8-15-12(13-2)16-9-11-6-4-5-7-14-11/h4-7,10H,8-9H2,1-3H3,(H2,13,15,16). The number of hydrogen-bond acceptors (Lipinski definition) is 3. The van der Waals surface area contributed by atoms with E-state index in [0.717, 1.165) is 18.2 Å². The molecule has 1 heterocycles. The Hall–Kier alpha value is -1.23. The molecule has 0 aromatic carbocycles. The van der Waals surface area contributed by atoms with Crippen LogP contribution in [-0.2, 0) is 6.54 Å². The lowest BCUT2D eigenvalue weighted by atomic mass is 10.3. The molecule has 0 bridgehead atoms. The van der Waals surface area contributed by atoms with Crippen LogP contribution in [0.4, 0.5) is 0 Å². The molecule has 0 radical (unpaired) electrons. The van der Waals surface area contributed by atoms with Crippen molar-refractivity contribution in [1.29, 1.82) is 0 Å². The van der Waals surface area contributed by atoms with E-state index >= 15 is 0 Å². The van der Waals surface area contributed by atoms with Gasteiger partial charge in [0.2, 0.25) is 0 Å². The SMILES string of the molecule is CN=C(NCc1ccccn1)NCC(C)SC. The van der Waals surface area contributed by atoms with Crippen molar-refractivity contribution in [3.05, 3.63) is 30.1 Å². The lowest BCUT2D eigenvalue weighted by Gasteiger charge is -2.14. The van der Waals surface area contributed by atoms with Crippen molar-refractivity contribution in [2.24, 2.45) is 4.99 Å². The second-order valence-electron chi connectivity index (χ2n) is 3.67. The fraction of sp³-hybridized carbons (Fsp3) is 0.500. The van der Waals surface area contributed by atoms with Crippen molar-refractivity contribution in [3.8, 4) is 0 Å². The summed E-state index contributed by atoms with van der Waals surface area (Å²) in [4.78, 5) is 8.41. The average Bonchev–Trinajstić information content (AvgIpc) is 2.39. The molecule has 0 saturated heterocycles. The predicted octanol–water partition coefficient (Wildman–Crippen LogP) is 1.50. The monoisotopic (exact) mass is 252 g/mol. The third kappa shape index (κ3) is 5.58. The number of thioether (sulfide) groups is 1. The zero-order valence-electron chi connectivity index (χ0n) is 10.6. The third-order valence-electron chi connectivity index (χ3n) is 2.35. The number of nitrogens with zero attached hydrogens (tertiary/aromatic N) is 2. The number of guanidine groups is 1. The molecule has 0 aliphatic carbocycles. The van der Waals surface area contributed by atoms with Gasteiger partial charge in [-0.1, -0.05) is 13.0 Å². The molecule has 1 rings (SSSR count). The molecule has 17 heavy (non-hydrogen) atoms. The zero-order chi connectivity index (χ0) is 12.5. The van der Waals surface area contributed by atoms with Crippen LogP contribution in [-0.4, -0.2) is 36.0 Å². The zero-order valence-corrected chi connectivity index (χ0v) is 11.4. The fourth-order valence-electron chi connectivity index (χ4n) is 1.22. The normalized spacial score (nSPS) is 13.2. The number of hydrogen-bond donors (Lipinski definition) is 2. The van der Waals surface area contributed by atoms with Crippen molar-refractivity contribution in [2.45, 2.75) is 18.7 Å². The van der Waals surface area contributed by atoms with Crippen LogP contribution in [0.5, 0.6) is 0 Å². The summed E-state index contributed by atoms with van der Waals surface area (Å²) in [5, 5.41) is 7.09. The smallest absolute Gasteiger partial charge is 0.191 e. The van der Waals surface area contributed by atoms with Gasteiger partial charge in [0, 0.05) is 25.0 Å². The average molecular weight is 252 g/mol. The van der Waals surface area contributed by atoms with Crippen molar-refractivity contribution < 1.29 is 0 Å². The van der Waals surface area contributed by atoms with E-state index in [1.165, 1.54) is 0 Å². The molecule has 0 amide bonds. The van der Waals surface area contributed by atoms with E-state index in [4.69, 9.17) is 0 Å². The van der Waals surface area contributed by atoms with Gasteiger partial charge in [0.25, 0.3) is 0 Å². The van der Waals surface area contributed by atoms with Crippen LogP contribution in [0.2, 0.25) is 0 Å². The summed E-state index contributed by atoms with van der Waals surface area (Å²) in [5.41, 5.74) is 1.01. The third-order valence-corrected chi connectivity index (χ3v) is 3.32. The maximum absolute atomic E-state index is 4.25. The van der Waals surface area contributed by atoms with Crippen LogP contribution in [0, 0.1) is 0 Å². The van der Waals surface area contributed by atoms with Crippen LogP contribution < -0.4 is 10.6 Å². The maximum atomic E-state index is 4.25. The molecule has 5 heteroatoms. The highest BCUT2D eigenvalue weighted by molar-refractivity contribution is 7.99. The van der Waals surface area contributed by atoms with E-state index in [1.54, 1.807) is 13.2 Å². The quantitative estimate of drug-likeness (QED) is 0.616. The van der Waals surface area contributed by atoms with Crippen molar-refractivity contribution >= 4 is 17.7 Å². The molecule has 0 fully saturated rings. The van der Waals surface area contributed by atoms with Crippen molar-refractivity contribution in [3.63, 3.8) is 0 Å². The molecule has 0 aliphatic heterocycles. The molecule has 4 nitrogen and oxygen atoms in total. The Morgan fingerprint density at radius 3 is 2.88 bits per heavy atom. The molecule has 1 aromatic heterocycles. The van der Waals surface area contributed by atoms with E-state index in [9.17, 15) is 0 Å². The van der Waals surface area contributed by atoms with Crippen molar-refractivity contribution in [2.75, 3.05) is 19.8 Å². The minimum absolute atomic E-state index is 0.573. The van der Waals surface area contributed by atoms with E-state index in [2.05, 4.69) is 33.8 Å². The summed E-state index contributed by atoms with van der Waals surface area (Å²) in [7, 11) is 1.78. The van der Waals surface area contributed by atoms with Gasteiger partial charge in [-0.3, -0.25) is 9.98 Å². The van der Waals surface area contributed by atoms with Gasteiger partial charge >= 0.3 is 0 Å². The first kappa shape index (κ1) is 13.8. The number of aliphatic imine (C=N–C) groups is 1. The lowest BCUT2D eigenvalue weighted by molar-refractivity contribution is 0.780. The molecule has 2 N–H and O–H groups in total. The van der Waals surface area contributed by atoms with Crippen molar-refractivity contribution in [1.82, 2.24) is 15.6 Å². The minimum Gasteiger partial charge on any atom is -0.355 e. The largest absolute Gasteiger partial charge is 0.355 e. The van der Waals surface area contributed by atoms with Crippen LogP contribution in [0.3, 0.4) is 0 Å². The van der Waals surface area contributed by atoms with Gasteiger partial charge < -0.3 is 10.6 Å². The van der Waals surface area contributed by atoms with E-state index in [-0.39, 0.29) is 0 Å². The van der Waals surface area contributed by atoms with Crippen LogP contribution in [0.25, 0.3) is 0 Å². The van der Waals surface area contributed by atoms with Gasteiger partial charge in [-0.05, 0) is 18.4 Å². The van der Waals surface area contributed by atoms with Gasteiger partial charge in [0.15, 0.2) is 5.96 Å². The summed E-state index contributed by atoms with van der Waals surface area (Å²) in [6, 6.07) is 5.89. The van der Waals surface area contributed by atoms with Gasteiger partial charge in [-0.2, -0.15) is 11.8 Å². The Morgan fingerprint density at radius 1 is 1.47 bits per heavy atom. The molecule has 1 aromatic rings. The Labute approximate surface area is 107 Å². The fourth-order valence-corrected chi connectivity index (χ4v) is 1.47. The molecule has 0 aliphatic rings. The number of nitrogens with one attached hydrogen (secondary N) is 2. The second kappa shape index (κ2) is 7.95. The summed E-state index contributed by atoms with van der Waals surface area (Å²) in [6.07, 6.45) is 3.90. The Bertz CT molecular complexity index is 340. The maximum Gasteiger partial charge on any atom is 0.191 e. The molecular formula is C12H20N4S. The Kier molecular flexibility index (Phi) is 6.47. The minimum atomic E-state index is 0.573. The number of rotatable bonds is 5. The lowest BCUT2D eigenvalue weighted by Crippen LogP contribution is -2.39. The summed E-state index contributed by atoms with van der Waals surface area (Å²) in [5.74, 6) is 0.816. The highest BCUT2D eigenvalue weighted by atomic mass is 32.2. The second-order valence-corrected chi connectivity index (χ2v) is 4.95. The predicted molar refractivity (Wildman–Crippen MR) is 75.4 cm³/mol. The van der Waals surface area contributed by atoms with Gasteiger partial charge in [-0.25, -0.2) is 0 Å². The van der Waals surface area contributed by atoms with E-state index in [1.807, 2.05) is 30.0 Å². The molecule has 0 spiro atoms. The summed E-state index contributed by atoms with van der Waals surface area (Å²) < 4.78 is 0. The molecular weight excluding hydrogens is 232 g/mol.